The van der Waals surface area contributed by atoms with Gasteiger partial charge in [-0.05, 0) is 44.4 Å². The van der Waals surface area contributed by atoms with Crippen LogP contribution < -0.4 is 0 Å². The summed E-state index contributed by atoms with van der Waals surface area (Å²) in [4.78, 5) is 19.1. The molecule has 29 heavy (non-hydrogen) atoms. The van der Waals surface area contributed by atoms with E-state index in [1.807, 2.05) is 24.3 Å². The Morgan fingerprint density at radius 3 is 2.24 bits per heavy atom. The Balaban J connectivity index is 0.00000300. The standard InChI is InChI=1S/C23H28N2O3.ClH/c1-17-8-3-5-11-20(17)22(21-12-6-4-9-18(21)2)24-28-15-14-25-13-7-10-19(16-25)23(26)27;/h3-6,8-9,11-12,19H,7,10,13-16H2,1-2H3,(H,26,27);1H/t19-;/m0./s1. The Morgan fingerprint density at radius 2 is 1.69 bits per heavy atom. The summed E-state index contributed by atoms with van der Waals surface area (Å²) in [5, 5.41) is 13.7. The maximum absolute atomic E-state index is 11.2. The minimum Gasteiger partial charge on any atom is -0.481 e. The first-order chi connectivity index (χ1) is 13.6. The molecule has 1 saturated heterocycles. The highest BCUT2D eigenvalue weighted by atomic mass is 35.5. The van der Waals surface area contributed by atoms with Gasteiger partial charge in [0, 0.05) is 24.2 Å². The Hall–Kier alpha value is -2.37. The maximum atomic E-state index is 11.2. The molecule has 1 heterocycles. The Morgan fingerprint density at radius 1 is 1.10 bits per heavy atom. The number of aliphatic carboxylic acids is 1. The van der Waals surface area contributed by atoms with Crippen molar-refractivity contribution in [3.63, 3.8) is 0 Å². The molecule has 6 heteroatoms. The molecule has 156 valence electrons. The van der Waals surface area contributed by atoms with E-state index in [-0.39, 0.29) is 18.3 Å². The minimum absolute atomic E-state index is 0. The summed E-state index contributed by atoms with van der Waals surface area (Å²) in [5.41, 5.74) is 5.24. The lowest BCUT2D eigenvalue weighted by Crippen LogP contribution is -2.40. The van der Waals surface area contributed by atoms with Crippen molar-refractivity contribution in [1.82, 2.24) is 4.90 Å². The summed E-state index contributed by atoms with van der Waals surface area (Å²) in [6.45, 7) is 6.77. The monoisotopic (exact) mass is 416 g/mol. The number of halogens is 1. The van der Waals surface area contributed by atoms with Crippen molar-refractivity contribution in [2.45, 2.75) is 26.7 Å². The highest BCUT2D eigenvalue weighted by molar-refractivity contribution is 6.14. The molecule has 0 unspecified atom stereocenters. The van der Waals surface area contributed by atoms with Crippen molar-refractivity contribution < 1.29 is 14.7 Å². The number of hydrogen-bond donors (Lipinski definition) is 1. The zero-order valence-corrected chi connectivity index (χ0v) is 17.8. The van der Waals surface area contributed by atoms with E-state index >= 15 is 0 Å². The van der Waals surface area contributed by atoms with Crippen LogP contribution in [0.3, 0.4) is 0 Å². The van der Waals surface area contributed by atoms with E-state index in [1.165, 1.54) is 0 Å². The van der Waals surface area contributed by atoms with Gasteiger partial charge in [-0.2, -0.15) is 0 Å². The zero-order chi connectivity index (χ0) is 19.9. The highest BCUT2D eigenvalue weighted by Gasteiger charge is 2.25. The van der Waals surface area contributed by atoms with Gasteiger partial charge in [0.25, 0.3) is 0 Å². The molecular formula is C23H29ClN2O3. The van der Waals surface area contributed by atoms with Crippen molar-refractivity contribution in [3.8, 4) is 0 Å². The lowest BCUT2D eigenvalue weighted by Gasteiger charge is -2.30. The van der Waals surface area contributed by atoms with Gasteiger partial charge in [0.15, 0.2) is 0 Å². The van der Waals surface area contributed by atoms with Gasteiger partial charge in [-0.15, -0.1) is 12.4 Å². The molecule has 1 N–H and O–H groups in total. The summed E-state index contributed by atoms with van der Waals surface area (Å²) < 4.78 is 0. The van der Waals surface area contributed by atoms with Crippen molar-refractivity contribution in [1.29, 1.82) is 0 Å². The van der Waals surface area contributed by atoms with E-state index in [0.717, 1.165) is 47.4 Å². The first-order valence-corrected chi connectivity index (χ1v) is 9.83. The smallest absolute Gasteiger partial charge is 0.307 e. The predicted octanol–water partition coefficient (Wildman–Crippen LogP) is 4.29. The van der Waals surface area contributed by atoms with Crippen LogP contribution in [0.2, 0.25) is 0 Å². The third kappa shape index (κ3) is 6.05. The lowest BCUT2D eigenvalue weighted by atomic mass is 9.95. The maximum Gasteiger partial charge on any atom is 0.307 e. The summed E-state index contributed by atoms with van der Waals surface area (Å²) in [5.74, 6) is -0.975. The molecule has 3 rings (SSSR count). The van der Waals surface area contributed by atoms with Gasteiger partial charge >= 0.3 is 5.97 Å². The molecule has 2 aromatic rings. The van der Waals surface area contributed by atoms with Gasteiger partial charge in [0.1, 0.15) is 12.3 Å². The molecule has 1 aliphatic heterocycles. The van der Waals surface area contributed by atoms with Gasteiger partial charge in [-0.1, -0.05) is 53.7 Å². The Bertz CT molecular complexity index is 806. The zero-order valence-electron chi connectivity index (χ0n) is 17.0. The number of aryl methyl sites for hydroxylation is 2. The molecule has 0 spiro atoms. The molecule has 0 radical (unpaired) electrons. The fraction of sp³-hybridized carbons (Fsp3) is 0.391. The van der Waals surface area contributed by atoms with Gasteiger partial charge < -0.3 is 9.94 Å². The summed E-state index contributed by atoms with van der Waals surface area (Å²) in [6, 6.07) is 16.3. The van der Waals surface area contributed by atoms with Crippen LogP contribution in [0.1, 0.15) is 35.1 Å². The lowest BCUT2D eigenvalue weighted by molar-refractivity contribution is -0.143. The molecule has 1 fully saturated rings. The molecule has 0 amide bonds. The molecule has 2 aromatic carbocycles. The number of hydrogen-bond acceptors (Lipinski definition) is 4. The van der Waals surface area contributed by atoms with E-state index in [1.54, 1.807) is 0 Å². The van der Waals surface area contributed by atoms with Crippen LogP contribution in [0.5, 0.6) is 0 Å². The SMILES string of the molecule is Cc1ccccc1C(=NOCCN1CCC[C@H](C(=O)O)C1)c1ccccc1C.Cl. The van der Waals surface area contributed by atoms with Crippen LogP contribution in [0.15, 0.2) is 53.7 Å². The molecule has 0 bridgehead atoms. The van der Waals surface area contributed by atoms with Crippen LogP contribution in [0.4, 0.5) is 0 Å². The Labute approximate surface area is 178 Å². The predicted molar refractivity (Wildman–Crippen MR) is 118 cm³/mol. The number of rotatable bonds is 7. The summed E-state index contributed by atoms with van der Waals surface area (Å²) in [7, 11) is 0. The van der Waals surface area contributed by atoms with E-state index in [4.69, 9.17) is 4.84 Å². The molecule has 0 aromatic heterocycles. The van der Waals surface area contributed by atoms with Gasteiger partial charge in [0.2, 0.25) is 0 Å². The van der Waals surface area contributed by atoms with E-state index in [2.05, 4.69) is 48.2 Å². The third-order valence-electron chi connectivity index (χ3n) is 5.31. The normalized spacial score (nSPS) is 16.6. The topological polar surface area (TPSA) is 62.1 Å². The van der Waals surface area contributed by atoms with Crippen LogP contribution >= 0.6 is 12.4 Å². The number of carboxylic acids is 1. The molecule has 1 atom stereocenters. The number of likely N-dealkylation sites (tertiary alicyclic amines) is 1. The Kier molecular flexibility index (Phi) is 8.68. The number of carboxylic acid groups (broad SMARTS) is 1. The van der Waals surface area contributed by atoms with E-state index < -0.39 is 5.97 Å². The molecule has 0 aliphatic carbocycles. The van der Waals surface area contributed by atoms with Crippen molar-refractivity contribution in [3.05, 3.63) is 70.8 Å². The minimum atomic E-state index is -0.704. The largest absolute Gasteiger partial charge is 0.481 e. The van der Waals surface area contributed by atoms with Crippen LogP contribution in [0, 0.1) is 19.8 Å². The fourth-order valence-electron chi connectivity index (χ4n) is 3.66. The second-order valence-electron chi connectivity index (χ2n) is 7.38. The molecule has 1 aliphatic rings. The van der Waals surface area contributed by atoms with Crippen LogP contribution in [-0.4, -0.2) is 47.9 Å². The van der Waals surface area contributed by atoms with Crippen LogP contribution in [-0.2, 0) is 9.63 Å². The van der Waals surface area contributed by atoms with Crippen LogP contribution in [0.25, 0.3) is 0 Å². The highest BCUT2D eigenvalue weighted by Crippen LogP contribution is 2.19. The first kappa shape index (κ1) is 22.9. The van der Waals surface area contributed by atoms with Crippen molar-refractivity contribution in [2.75, 3.05) is 26.2 Å². The molecular weight excluding hydrogens is 388 g/mol. The fourth-order valence-corrected chi connectivity index (χ4v) is 3.66. The number of piperidine rings is 1. The second kappa shape index (κ2) is 11.0. The van der Waals surface area contributed by atoms with Gasteiger partial charge in [-0.3, -0.25) is 9.69 Å². The van der Waals surface area contributed by atoms with Crippen molar-refractivity contribution in [2.24, 2.45) is 11.1 Å². The number of carbonyl (C=O) groups is 1. The number of oxime groups is 1. The average molecular weight is 417 g/mol. The van der Waals surface area contributed by atoms with E-state index in [0.29, 0.717) is 19.7 Å². The second-order valence-corrected chi connectivity index (χ2v) is 7.38. The summed E-state index contributed by atoms with van der Waals surface area (Å²) >= 11 is 0. The molecule has 0 saturated carbocycles. The van der Waals surface area contributed by atoms with Crippen molar-refractivity contribution >= 4 is 24.1 Å². The average Bonchev–Trinajstić information content (AvgIpc) is 2.70. The quantitative estimate of drug-likeness (QED) is 0.415. The third-order valence-corrected chi connectivity index (χ3v) is 5.31. The number of benzene rings is 2. The molecule has 5 nitrogen and oxygen atoms in total. The summed E-state index contributed by atoms with van der Waals surface area (Å²) in [6.07, 6.45) is 1.67. The van der Waals surface area contributed by atoms with Gasteiger partial charge in [0.05, 0.1) is 5.92 Å². The van der Waals surface area contributed by atoms with Gasteiger partial charge in [-0.25, -0.2) is 0 Å². The van der Waals surface area contributed by atoms with E-state index in [9.17, 15) is 9.90 Å². The number of nitrogens with zero attached hydrogens (tertiary/aromatic N) is 2. The first-order valence-electron chi connectivity index (χ1n) is 9.83.